The number of hydrogen-bond acceptors (Lipinski definition) is 4. The first kappa shape index (κ1) is 17.5. The van der Waals surface area contributed by atoms with Gasteiger partial charge in [0, 0.05) is 12.5 Å². The second-order valence-corrected chi connectivity index (χ2v) is 7.37. The molecule has 1 aromatic carbocycles. The molecule has 2 aromatic rings. The number of benzene rings is 1. The first-order valence-electron chi connectivity index (χ1n) is 8.13. The highest BCUT2D eigenvalue weighted by Gasteiger charge is 2.39. The summed E-state index contributed by atoms with van der Waals surface area (Å²) in [7, 11) is 0. The Balaban J connectivity index is 1.82. The highest BCUT2D eigenvalue weighted by molar-refractivity contribution is 7.13. The predicted octanol–water partition coefficient (Wildman–Crippen LogP) is 3.26. The molecule has 5 nitrogen and oxygen atoms in total. The van der Waals surface area contributed by atoms with Crippen molar-refractivity contribution < 1.29 is 19.1 Å². The average Bonchev–Trinajstić information content (AvgIpc) is 3.32. The van der Waals surface area contributed by atoms with Crippen LogP contribution in [0.15, 0.2) is 24.3 Å². The molecule has 25 heavy (non-hydrogen) atoms. The highest BCUT2D eigenvalue weighted by Crippen LogP contribution is 2.32. The third-order valence-electron chi connectivity index (χ3n) is 4.25. The van der Waals surface area contributed by atoms with Gasteiger partial charge >= 0.3 is 5.97 Å². The van der Waals surface area contributed by atoms with Crippen molar-refractivity contribution >= 4 is 23.2 Å². The number of nitrogens with zero attached hydrogens (tertiary/aromatic N) is 2. The Labute approximate surface area is 149 Å². The largest absolute Gasteiger partial charge is 0.480 e. The molecule has 1 N–H and O–H groups in total. The lowest BCUT2D eigenvalue weighted by atomic mass is 10.1. The first-order valence-corrected chi connectivity index (χ1v) is 8.94. The van der Waals surface area contributed by atoms with Crippen LogP contribution in [0.3, 0.4) is 0 Å². The number of carbonyl (C=O) groups is 2. The molecule has 1 atom stereocenters. The molecule has 7 heteroatoms. The summed E-state index contributed by atoms with van der Waals surface area (Å²) in [5.41, 5.74) is 1.52. The van der Waals surface area contributed by atoms with E-state index in [0.29, 0.717) is 17.0 Å². The summed E-state index contributed by atoms with van der Waals surface area (Å²) in [4.78, 5) is 30.6. The quantitative estimate of drug-likeness (QED) is 0.856. The summed E-state index contributed by atoms with van der Waals surface area (Å²) in [5.74, 6) is -1.57. The number of aromatic nitrogens is 1. The molecule has 132 valence electrons. The zero-order chi connectivity index (χ0) is 18.1. The van der Waals surface area contributed by atoms with E-state index in [2.05, 4.69) is 4.98 Å². The molecule has 1 aromatic heterocycles. The maximum atomic E-state index is 13.0. The molecule has 1 aliphatic rings. The number of thiazole rings is 1. The Kier molecular flexibility index (Phi) is 4.85. The molecule has 1 saturated carbocycles. The van der Waals surface area contributed by atoms with Gasteiger partial charge in [0.25, 0.3) is 5.91 Å². The molecule has 1 unspecified atom stereocenters. The number of aliphatic carboxylic acids is 1. The molecule has 0 spiro atoms. The van der Waals surface area contributed by atoms with Crippen LogP contribution in [0, 0.1) is 12.7 Å². The van der Waals surface area contributed by atoms with Crippen LogP contribution in [0.25, 0.3) is 0 Å². The summed E-state index contributed by atoms with van der Waals surface area (Å²) < 4.78 is 13.0. The molecule has 1 fully saturated rings. The van der Waals surface area contributed by atoms with Crippen molar-refractivity contribution in [1.82, 2.24) is 9.88 Å². The molecule has 1 aliphatic carbocycles. The van der Waals surface area contributed by atoms with E-state index in [-0.39, 0.29) is 17.8 Å². The Hall–Kier alpha value is -2.28. The second kappa shape index (κ2) is 6.92. The lowest BCUT2D eigenvalue weighted by molar-refractivity contribution is -0.141. The smallest absolute Gasteiger partial charge is 0.326 e. The third kappa shape index (κ3) is 3.87. The predicted molar refractivity (Wildman–Crippen MR) is 92.3 cm³/mol. The summed E-state index contributed by atoms with van der Waals surface area (Å²) in [6.45, 7) is 3.29. The lowest BCUT2D eigenvalue weighted by Gasteiger charge is -2.26. The van der Waals surface area contributed by atoms with Crippen LogP contribution in [0.2, 0.25) is 0 Å². The Morgan fingerprint density at radius 1 is 1.36 bits per heavy atom. The number of carboxylic acids is 1. The summed E-state index contributed by atoms with van der Waals surface area (Å²) in [6.07, 6.45) is 2.18. The molecular formula is C18H19FN2O3S. The van der Waals surface area contributed by atoms with E-state index >= 15 is 0 Å². The van der Waals surface area contributed by atoms with Crippen molar-refractivity contribution in [3.63, 3.8) is 0 Å². The van der Waals surface area contributed by atoms with Crippen LogP contribution in [0.5, 0.6) is 0 Å². The number of hydrogen-bond donors (Lipinski definition) is 1. The standard InChI is InChI=1S/C18H19FN2O3S/c1-10-16(17(22)21(14-7-8-14)11(2)18(23)24)25-15(20-10)9-12-3-5-13(19)6-4-12/h3-6,11,14H,7-9H2,1-2H3,(H,23,24). The fraction of sp³-hybridized carbons (Fsp3) is 0.389. The monoisotopic (exact) mass is 362 g/mol. The zero-order valence-electron chi connectivity index (χ0n) is 14.0. The van der Waals surface area contributed by atoms with Gasteiger partial charge in [-0.2, -0.15) is 0 Å². The van der Waals surface area contributed by atoms with Crippen LogP contribution in [-0.2, 0) is 11.2 Å². The van der Waals surface area contributed by atoms with E-state index < -0.39 is 12.0 Å². The first-order chi connectivity index (χ1) is 11.9. The number of aryl methyl sites for hydroxylation is 1. The van der Waals surface area contributed by atoms with Gasteiger partial charge in [0.15, 0.2) is 0 Å². The topological polar surface area (TPSA) is 70.5 Å². The molecule has 1 amide bonds. The van der Waals surface area contributed by atoms with E-state index in [4.69, 9.17) is 0 Å². The van der Waals surface area contributed by atoms with E-state index in [9.17, 15) is 19.1 Å². The van der Waals surface area contributed by atoms with Gasteiger partial charge in [-0.3, -0.25) is 4.79 Å². The molecule has 0 bridgehead atoms. The minimum Gasteiger partial charge on any atom is -0.480 e. The minimum atomic E-state index is -1.01. The van der Waals surface area contributed by atoms with Gasteiger partial charge in [0.2, 0.25) is 0 Å². The molecule has 0 aliphatic heterocycles. The van der Waals surface area contributed by atoms with Crippen molar-refractivity contribution in [1.29, 1.82) is 0 Å². The van der Waals surface area contributed by atoms with Gasteiger partial charge in [-0.15, -0.1) is 11.3 Å². The molecule has 3 rings (SSSR count). The number of carboxylic acid groups (broad SMARTS) is 1. The fourth-order valence-corrected chi connectivity index (χ4v) is 3.79. The van der Waals surface area contributed by atoms with Gasteiger partial charge in [-0.05, 0) is 44.4 Å². The number of amides is 1. The van der Waals surface area contributed by atoms with Crippen molar-refractivity contribution in [3.8, 4) is 0 Å². The van der Waals surface area contributed by atoms with E-state index in [0.717, 1.165) is 23.4 Å². The molecule has 1 heterocycles. The number of halogens is 1. The van der Waals surface area contributed by atoms with Crippen molar-refractivity contribution in [2.24, 2.45) is 0 Å². The second-order valence-electron chi connectivity index (χ2n) is 6.28. The van der Waals surface area contributed by atoms with Crippen LogP contribution >= 0.6 is 11.3 Å². The summed E-state index contributed by atoms with van der Waals surface area (Å²) in [6, 6.07) is 5.31. The Morgan fingerprint density at radius 2 is 2.00 bits per heavy atom. The molecular weight excluding hydrogens is 343 g/mol. The van der Waals surface area contributed by atoms with Crippen LogP contribution < -0.4 is 0 Å². The van der Waals surface area contributed by atoms with Crippen molar-refractivity contribution in [3.05, 3.63) is 51.2 Å². The van der Waals surface area contributed by atoms with Gasteiger partial charge in [-0.1, -0.05) is 12.1 Å². The van der Waals surface area contributed by atoms with E-state index in [1.165, 1.54) is 35.3 Å². The van der Waals surface area contributed by atoms with Crippen LogP contribution in [0.1, 0.15) is 45.7 Å². The maximum absolute atomic E-state index is 13.0. The van der Waals surface area contributed by atoms with Gasteiger partial charge < -0.3 is 10.0 Å². The van der Waals surface area contributed by atoms with Gasteiger partial charge in [0.05, 0.1) is 10.7 Å². The highest BCUT2D eigenvalue weighted by atomic mass is 32.1. The summed E-state index contributed by atoms with van der Waals surface area (Å²) >= 11 is 1.28. The zero-order valence-corrected chi connectivity index (χ0v) is 14.8. The minimum absolute atomic E-state index is 0.000601. The average molecular weight is 362 g/mol. The summed E-state index contributed by atoms with van der Waals surface area (Å²) in [5, 5.41) is 10.0. The third-order valence-corrected chi connectivity index (χ3v) is 5.40. The lowest BCUT2D eigenvalue weighted by Crippen LogP contribution is -2.44. The SMILES string of the molecule is Cc1nc(Cc2ccc(F)cc2)sc1C(=O)N(C1CC1)C(C)C(=O)O. The normalized spacial score (nSPS) is 15.0. The number of rotatable bonds is 6. The Bertz CT molecular complexity index is 799. The fourth-order valence-electron chi connectivity index (χ4n) is 2.75. The van der Waals surface area contributed by atoms with Crippen LogP contribution in [0.4, 0.5) is 4.39 Å². The van der Waals surface area contributed by atoms with E-state index in [1.807, 2.05) is 0 Å². The van der Waals surface area contributed by atoms with Crippen LogP contribution in [-0.4, -0.2) is 39.0 Å². The number of carbonyl (C=O) groups excluding carboxylic acids is 1. The molecule has 0 radical (unpaired) electrons. The van der Waals surface area contributed by atoms with Gasteiger partial charge in [0.1, 0.15) is 16.7 Å². The van der Waals surface area contributed by atoms with Crippen molar-refractivity contribution in [2.75, 3.05) is 0 Å². The van der Waals surface area contributed by atoms with Crippen molar-refractivity contribution in [2.45, 2.75) is 45.2 Å². The maximum Gasteiger partial charge on any atom is 0.326 e. The molecule has 0 saturated heterocycles. The van der Waals surface area contributed by atoms with Gasteiger partial charge in [-0.25, -0.2) is 14.2 Å². The van der Waals surface area contributed by atoms with E-state index in [1.54, 1.807) is 19.1 Å². The Morgan fingerprint density at radius 3 is 2.56 bits per heavy atom.